The Kier molecular flexibility index (Phi) is 3.74. The SMILES string of the molecule is Cc1nc(NCc2ccc(Cl)cc2)cc(NC2CC2)n1. The van der Waals surface area contributed by atoms with E-state index in [2.05, 4.69) is 20.6 Å². The van der Waals surface area contributed by atoms with E-state index in [1.807, 2.05) is 37.3 Å². The number of benzene rings is 1. The number of anilines is 2. The summed E-state index contributed by atoms with van der Waals surface area (Å²) in [5.74, 6) is 2.52. The Morgan fingerprint density at radius 2 is 1.85 bits per heavy atom. The van der Waals surface area contributed by atoms with Gasteiger partial charge in [-0.1, -0.05) is 23.7 Å². The van der Waals surface area contributed by atoms with E-state index in [1.54, 1.807) is 0 Å². The van der Waals surface area contributed by atoms with Gasteiger partial charge in [0.2, 0.25) is 0 Å². The maximum Gasteiger partial charge on any atom is 0.132 e. The van der Waals surface area contributed by atoms with Gasteiger partial charge in [-0.2, -0.15) is 0 Å². The van der Waals surface area contributed by atoms with Crippen LogP contribution in [0.4, 0.5) is 11.6 Å². The van der Waals surface area contributed by atoms with Crippen molar-refractivity contribution in [3.8, 4) is 0 Å². The third kappa shape index (κ3) is 3.61. The highest BCUT2D eigenvalue weighted by Crippen LogP contribution is 2.24. The molecule has 4 nitrogen and oxygen atoms in total. The predicted octanol–water partition coefficient (Wildman–Crippen LogP) is 3.62. The van der Waals surface area contributed by atoms with E-state index in [0.717, 1.165) is 29.0 Å². The fourth-order valence-corrected chi connectivity index (χ4v) is 2.09. The van der Waals surface area contributed by atoms with Crippen LogP contribution in [-0.2, 0) is 6.54 Å². The summed E-state index contributed by atoms with van der Waals surface area (Å²) in [5, 5.41) is 7.47. The molecule has 1 heterocycles. The topological polar surface area (TPSA) is 49.8 Å². The Morgan fingerprint density at radius 1 is 1.15 bits per heavy atom. The van der Waals surface area contributed by atoms with Gasteiger partial charge in [-0.15, -0.1) is 0 Å². The lowest BCUT2D eigenvalue weighted by molar-refractivity contribution is 1.00. The van der Waals surface area contributed by atoms with Crippen LogP contribution >= 0.6 is 11.6 Å². The van der Waals surface area contributed by atoms with E-state index in [4.69, 9.17) is 11.6 Å². The molecule has 0 bridgehead atoms. The van der Waals surface area contributed by atoms with E-state index < -0.39 is 0 Å². The monoisotopic (exact) mass is 288 g/mol. The summed E-state index contributed by atoms with van der Waals surface area (Å²) in [6, 6.07) is 10.3. The van der Waals surface area contributed by atoms with Crippen LogP contribution in [0.1, 0.15) is 24.2 Å². The molecule has 3 rings (SSSR count). The van der Waals surface area contributed by atoms with E-state index in [0.29, 0.717) is 6.04 Å². The van der Waals surface area contributed by atoms with Crippen molar-refractivity contribution in [2.75, 3.05) is 10.6 Å². The highest BCUT2D eigenvalue weighted by molar-refractivity contribution is 6.30. The van der Waals surface area contributed by atoms with Crippen LogP contribution in [-0.4, -0.2) is 16.0 Å². The van der Waals surface area contributed by atoms with Gasteiger partial charge >= 0.3 is 0 Å². The molecule has 0 spiro atoms. The largest absolute Gasteiger partial charge is 0.367 e. The van der Waals surface area contributed by atoms with Crippen molar-refractivity contribution in [2.45, 2.75) is 32.4 Å². The predicted molar refractivity (Wildman–Crippen MR) is 82.2 cm³/mol. The van der Waals surface area contributed by atoms with Crippen LogP contribution < -0.4 is 10.6 Å². The zero-order valence-electron chi connectivity index (χ0n) is 11.4. The van der Waals surface area contributed by atoms with Gasteiger partial charge in [0.05, 0.1) is 0 Å². The molecule has 0 radical (unpaired) electrons. The number of aromatic nitrogens is 2. The minimum absolute atomic E-state index is 0.591. The quantitative estimate of drug-likeness (QED) is 0.882. The smallest absolute Gasteiger partial charge is 0.132 e. The Hall–Kier alpha value is -1.81. The first-order valence-electron chi connectivity index (χ1n) is 6.79. The normalized spacial score (nSPS) is 14.1. The lowest BCUT2D eigenvalue weighted by atomic mass is 10.2. The van der Waals surface area contributed by atoms with Crippen molar-refractivity contribution in [1.82, 2.24) is 9.97 Å². The summed E-state index contributed by atoms with van der Waals surface area (Å²) in [5.41, 5.74) is 1.17. The highest BCUT2D eigenvalue weighted by atomic mass is 35.5. The first kappa shape index (κ1) is 13.2. The van der Waals surface area contributed by atoms with Crippen LogP contribution in [0.25, 0.3) is 0 Å². The number of hydrogen-bond acceptors (Lipinski definition) is 4. The second-order valence-corrected chi connectivity index (χ2v) is 5.52. The number of nitrogens with zero attached hydrogens (tertiary/aromatic N) is 2. The van der Waals surface area contributed by atoms with Crippen molar-refractivity contribution in [3.05, 3.63) is 46.7 Å². The molecule has 0 aliphatic heterocycles. The maximum absolute atomic E-state index is 5.88. The van der Waals surface area contributed by atoms with Crippen molar-refractivity contribution in [3.63, 3.8) is 0 Å². The molecule has 0 unspecified atom stereocenters. The highest BCUT2D eigenvalue weighted by Gasteiger charge is 2.21. The summed E-state index contributed by atoms with van der Waals surface area (Å²) in [6.45, 7) is 2.63. The van der Waals surface area contributed by atoms with Gasteiger partial charge < -0.3 is 10.6 Å². The number of nitrogens with one attached hydrogen (secondary N) is 2. The second-order valence-electron chi connectivity index (χ2n) is 5.08. The Labute approximate surface area is 123 Å². The first-order valence-corrected chi connectivity index (χ1v) is 7.17. The molecule has 5 heteroatoms. The van der Waals surface area contributed by atoms with E-state index in [9.17, 15) is 0 Å². The minimum atomic E-state index is 0.591. The van der Waals surface area contributed by atoms with Crippen LogP contribution in [0.5, 0.6) is 0 Å². The van der Waals surface area contributed by atoms with Crippen molar-refractivity contribution in [2.24, 2.45) is 0 Å². The molecular weight excluding hydrogens is 272 g/mol. The molecule has 1 aliphatic carbocycles. The fourth-order valence-electron chi connectivity index (χ4n) is 1.96. The molecule has 0 saturated heterocycles. The molecule has 1 aromatic carbocycles. The first-order chi connectivity index (χ1) is 9.69. The van der Waals surface area contributed by atoms with Gasteiger partial charge in [-0.25, -0.2) is 9.97 Å². The summed E-state index contributed by atoms with van der Waals surface area (Å²) < 4.78 is 0. The fraction of sp³-hybridized carbons (Fsp3) is 0.333. The Balaban J connectivity index is 1.66. The number of halogens is 1. The van der Waals surface area contributed by atoms with Crippen LogP contribution in [0, 0.1) is 6.92 Å². The van der Waals surface area contributed by atoms with Crippen LogP contribution in [0.15, 0.2) is 30.3 Å². The van der Waals surface area contributed by atoms with Gasteiger partial charge in [-0.3, -0.25) is 0 Å². The molecule has 1 aliphatic rings. The van der Waals surface area contributed by atoms with Gasteiger partial charge in [0.1, 0.15) is 17.5 Å². The molecule has 0 atom stereocenters. The standard InChI is InChI=1S/C15H17ClN4/c1-10-18-14(8-15(19-10)20-13-6-7-13)17-9-11-2-4-12(16)5-3-11/h2-5,8,13H,6-7,9H2,1H3,(H2,17,18,19,20). The molecule has 2 N–H and O–H groups in total. The summed E-state index contributed by atoms with van der Waals surface area (Å²) in [7, 11) is 0. The van der Waals surface area contributed by atoms with E-state index in [-0.39, 0.29) is 0 Å². The van der Waals surface area contributed by atoms with Gasteiger partial charge in [0.15, 0.2) is 0 Å². The average molecular weight is 289 g/mol. The minimum Gasteiger partial charge on any atom is -0.367 e. The van der Waals surface area contributed by atoms with Gasteiger partial charge in [0.25, 0.3) is 0 Å². The van der Waals surface area contributed by atoms with Gasteiger partial charge in [-0.05, 0) is 37.5 Å². The summed E-state index contributed by atoms with van der Waals surface area (Å²) >= 11 is 5.88. The summed E-state index contributed by atoms with van der Waals surface area (Å²) in [4.78, 5) is 8.81. The molecular formula is C15H17ClN4. The third-order valence-corrected chi connectivity index (χ3v) is 3.41. The molecule has 0 amide bonds. The summed E-state index contributed by atoms with van der Waals surface area (Å²) in [6.07, 6.45) is 2.47. The molecule has 104 valence electrons. The van der Waals surface area contributed by atoms with E-state index >= 15 is 0 Å². The molecule has 1 fully saturated rings. The molecule has 20 heavy (non-hydrogen) atoms. The Bertz CT molecular complexity index is 593. The van der Waals surface area contributed by atoms with Crippen LogP contribution in [0.3, 0.4) is 0 Å². The molecule has 1 aromatic heterocycles. The van der Waals surface area contributed by atoms with Crippen LogP contribution in [0.2, 0.25) is 5.02 Å². The van der Waals surface area contributed by atoms with E-state index in [1.165, 1.54) is 18.4 Å². The maximum atomic E-state index is 5.88. The molecule has 2 aromatic rings. The zero-order chi connectivity index (χ0) is 13.9. The van der Waals surface area contributed by atoms with Crippen molar-refractivity contribution >= 4 is 23.2 Å². The number of aryl methyl sites for hydroxylation is 1. The van der Waals surface area contributed by atoms with Gasteiger partial charge in [0, 0.05) is 23.7 Å². The Morgan fingerprint density at radius 3 is 2.55 bits per heavy atom. The van der Waals surface area contributed by atoms with Crippen molar-refractivity contribution in [1.29, 1.82) is 0 Å². The lowest BCUT2D eigenvalue weighted by Crippen LogP contribution is -2.08. The second kappa shape index (κ2) is 5.67. The van der Waals surface area contributed by atoms with Crippen molar-refractivity contribution < 1.29 is 0 Å². The molecule has 1 saturated carbocycles. The number of hydrogen-bond donors (Lipinski definition) is 2. The lowest BCUT2D eigenvalue weighted by Gasteiger charge is -2.09. The zero-order valence-corrected chi connectivity index (χ0v) is 12.1. The number of rotatable bonds is 5. The third-order valence-electron chi connectivity index (χ3n) is 3.15. The average Bonchev–Trinajstić information content (AvgIpc) is 3.21.